The first-order valence-corrected chi connectivity index (χ1v) is 14.1. The minimum Gasteiger partial charge on any atom is -0.478 e. The van der Waals surface area contributed by atoms with E-state index in [1.807, 2.05) is 13.0 Å². The van der Waals surface area contributed by atoms with Crippen LogP contribution in [-0.2, 0) is 9.53 Å². The SMILES string of the molecule is CCN=C/C(=C\N)C(=O)O.CN1CCC(Nc2cccc3c(C(O)C(F)(F)F)c(C#CN)sc23)C(CCOCCO)C1. The van der Waals surface area contributed by atoms with Gasteiger partial charge in [0, 0.05) is 55.1 Å². The number of carbonyl (C=O) groups is 1. The highest BCUT2D eigenvalue weighted by Crippen LogP contribution is 2.44. The summed E-state index contributed by atoms with van der Waals surface area (Å²) >= 11 is 1.10. The molecule has 42 heavy (non-hydrogen) atoms. The van der Waals surface area contributed by atoms with Gasteiger partial charge in [-0.3, -0.25) is 4.99 Å². The molecule has 0 bridgehead atoms. The Morgan fingerprint density at radius 2 is 2.12 bits per heavy atom. The summed E-state index contributed by atoms with van der Waals surface area (Å²) in [5, 5.41) is 31.1. The maximum atomic E-state index is 13.3. The molecular weight excluding hydrogens is 575 g/mol. The molecule has 1 aliphatic heterocycles. The molecule has 0 radical (unpaired) electrons. The number of hydrogen-bond donors (Lipinski definition) is 6. The molecular formula is C28H38F3N5O5S. The number of nitrogens with zero attached hydrogens (tertiary/aromatic N) is 2. The number of hydrogen-bond acceptors (Lipinski definition) is 10. The number of anilines is 1. The van der Waals surface area contributed by atoms with Crippen LogP contribution in [0.1, 0.15) is 36.3 Å². The maximum Gasteiger partial charge on any atom is 0.418 e. The number of nitrogens with one attached hydrogen (secondary N) is 1. The van der Waals surface area contributed by atoms with Gasteiger partial charge in [-0.25, -0.2) is 4.79 Å². The van der Waals surface area contributed by atoms with E-state index in [2.05, 4.69) is 34.2 Å². The summed E-state index contributed by atoms with van der Waals surface area (Å²) < 4.78 is 46.0. The van der Waals surface area contributed by atoms with Gasteiger partial charge in [0.25, 0.3) is 0 Å². The van der Waals surface area contributed by atoms with Crippen molar-refractivity contribution in [3.8, 4) is 12.0 Å². The van der Waals surface area contributed by atoms with Crippen molar-refractivity contribution < 1.29 is 38.0 Å². The normalized spacial score (nSPS) is 18.7. The zero-order valence-electron chi connectivity index (χ0n) is 23.5. The smallest absolute Gasteiger partial charge is 0.418 e. The van der Waals surface area contributed by atoms with Crippen molar-refractivity contribution in [2.24, 2.45) is 22.4 Å². The Bertz CT molecular complexity index is 1290. The second kappa shape index (κ2) is 16.9. The first-order chi connectivity index (χ1) is 20.0. The van der Waals surface area contributed by atoms with Gasteiger partial charge in [-0.05, 0) is 51.3 Å². The third-order valence-corrected chi connectivity index (χ3v) is 7.68. The standard InChI is InChI=1S/C22H28F3N3O3S.C6H10N2O2/c1-28-9-6-16(14(13-28)7-11-31-12-10-29)27-17-4-2-3-15-19(21(30)22(23,24)25)18(5-8-26)32-20(15)17;1-2-8-4-5(3-7)6(9)10/h2-4,14,16,21,27,29-30H,6-7,9-13,26H2,1H3;3-4H,2,7H2,1H3,(H,9,10)/b;5-3+,8-4?. The minimum atomic E-state index is -4.81. The second-order valence-corrected chi connectivity index (χ2v) is 10.5. The van der Waals surface area contributed by atoms with Gasteiger partial charge < -0.3 is 41.7 Å². The van der Waals surface area contributed by atoms with Crippen LogP contribution in [-0.4, -0.2) is 91.1 Å². The number of aliphatic carboxylic acids is 1. The number of fused-ring (bicyclic) bond motifs is 1. The van der Waals surface area contributed by atoms with Gasteiger partial charge >= 0.3 is 12.1 Å². The summed E-state index contributed by atoms with van der Waals surface area (Å²) in [6.07, 6.45) is -3.53. The molecule has 0 amide bonds. The molecule has 1 aromatic carbocycles. The number of aliphatic hydroxyl groups is 2. The van der Waals surface area contributed by atoms with E-state index in [1.165, 1.54) is 6.21 Å². The number of ether oxygens (including phenoxy) is 1. The maximum absolute atomic E-state index is 13.3. The van der Waals surface area contributed by atoms with Gasteiger partial charge in [0.2, 0.25) is 0 Å². The topological polar surface area (TPSA) is 167 Å². The van der Waals surface area contributed by atoms with Crippen molar-refractivity contribution in [2.45, 2.75) is 38.1 Å². The molecule has 3 unspecified atom stereocenters. The quantitative estimate of drug-likeness (QED) is 0.0734. The van der Waals surface area contributed by atoms with Crippen molar-refractivity contribution in [3.63, 3.8) is 0 Å². The Labute approximate surface area is 246 Å². The number of alkyl halides is 3. The first kappa shape index (κ1) is 34.8. The van der Waals surface area contributed by atoms with Crippen LogP contribution < -0.4 is 16.8 Å². The lowest BCUT2D eigenvalue weighted by Crippen LogP contribution is -2.45. The summed E-state index contributed by atoms with van der Waals surface area (Å²) in [5.74, 6) is 1.73. The fourth-order valence-electron chi connectivity index (χ4n) is 4.50. The van der Waals surface area contributed by atoms with Crippen LogP contribution in [0.3, 0.4) is 0 Å². The number of rotatable bonds is 11. The van der Waals surface area contributed by atoms with Crippen LogP contribution >= 0.6 is 11.3 Å². The summed E-state index contributed by atoms with van der Waals surface area (Å²) in [6, 6.07) is 7.35. The zero-order chi connectivity index (χ0) is 31.3. The van der Waals surface area contributed by atoms with E-state index in [9.17, 15) is 23.1 Å². The molecule has 0 aliphatic carbocycles. The molecule has 0 spiro atoms. The lowest BCUT2D eigenvalue weighted by molar-refractivity contribution is -0.206. The number of carboxylic acid groups (broad SMARTS) is 1. The second-order valence-electron chi connectivity index (χ2n) is 9.48. The lowest BCUT2D eigenvalue weighted by Gasteiger charge is -2.38. The molecule has 1 saturated heterocycles. The first-order valence-electron chi connectivity index (χ1n) is 13.3. The highest BCUT2D eigenvalue weighted by Gasteiger charge is 2.42. The molecule has 3 atom stereocenters. The van der Waals surface area contributed by atoms with Crippen LogP contribution in [0.15, 0.2) is 35.0 Å². The number of nitrogens with two attached hydrogens (primary N) is 2. The van der Waals surface area contributed by atoms with E-state index < -0.39 is 18.2 Å². The van der Waals surface area contributed by atoms with E-state index in [0.717, 1.165) is 43.5 Å². The van der Waals surface area contributed by atoms with Gasteiger partial charge in [-0.1, -0.05) is 12.1 Å². The van der Waals surface area contributed by atoms with E-state index in [0.29, 0.717) is 35.5 Å². The average molecular weight is 614 g/mol. The van der Waals surface area contributed by atoms with Crippen molar-refractivity contribution >= 4 is 39.3 Å². The number of aliphatic hydroxyl groups excluding tert-OH is 2. The molecule has 1 aromatic heterocycles. The molecule has 3 rings (SSSR count). The monoisotopic (exact) mass is 613 g/mol. The Hall–Kier alpha value is -3.35. The highest BCUT2D eigenvalue weighted by molar-refractivity contribution is 7.20. The van der Waals surface area contributed by atoms with Crippen molar-refractivity contribution in [1.29, 1.82) is 0 Å². The van der Waals surface area contributed by atoms with E-state index >= 15 is 0 Å². The molecule has 0 saturated carbocycles. The minimum absolute atomic E-state index is 0.0156. The lowest BCUT2D eigenvalue weighted by atomic mass is 9.89. The Kier molecular flexibility index (Phi) is 14.1. The van der Waals surface area contributed by atoms with Gasteiger partial charge in [0.05, 0.1) is 34.1 Å². The summed E-state index contributed by atoms with van der Waals surface area (Å²) in [4.78, 5) is 16.3. The van der Waals surface area contributed by atoms with Gasteiger partial charge in [-0.2, -0.15) is 13.2 Å². The summed E-state index contributed by atoms with van der Waals surface area (Å²) in [6.45, 7) is 4.93. The van der Waals surface area contributed by atoms with Crippen molar-refractivity contribution in [1.82, 2.24) is 4.90 Å². The van der Waals surface area contributed by atoms with Gasteiger partial charge in [0.15, 0.2) is 6.10 Å². The summed E-state index contributed by atoms with van der Waals surface area (Å²) in [7, 11) is 2.06. The molecule has 2 aromatic rings. The fourth-order valence-corrected chi connectivity index (χ4v) is 5.67. The number of likely N-dealkylation sites (tertiary alicyclic amines) is 1. The molecule has 1 fully saturated rings. The number of carboxylic acids is 1. The molecule has 1 aliphatic rings. The molecule has 10 nitrogen and oxygen atoms in total. The molecule has 14 heteroatoms. The van der Waals surface area contributed by atoms with Crippen LogP contribution in [0, 0.1) is 17.9 Å². The molecule has 232 valence electrons. The van der Waals surface area contributed by atoms with Gasteiger partial charge in [0.1, 0.15) is 0 Å². The average Bonchev–Trinajstić information content (AvgIpc) is 3.31. The van der Waals surface area contributed by atoms with Crippen LogP contribution in [0.25, 0.3) is 10.1 Å². The Balaban J connectivity index is 0.000000528. The van der Waals surface area contributed by atoms with Crippen LogP contribution in [0.4, 0.5) is 18.9 Å². The van der Waals surface area contributed by atoms with Crippen LogP contribution in [0.2, 0.25) is 0 Å². The molecule has 2 heterocycles. The number of halogens is 3. The predicted molar refractivity (Wildman–Crippen MR) is 158 cm³/mol. The number of piperidine rings is 1. The number of aliphatic imine (C=N–C) groups is 1. The molecule has 8 N–H and O–H groups in total. The zero-order valence-corrected chi connectivity index (χ0v) is 24.3. The largest absolute Gasteiger partial charge is 0.478 e. The third-order valence-electron chi connectivity index (χ3n) is 6.51. The summed E-state index contributed by atoms with van der Waals surface area (Å²) in [5.41, 5.74) is 10.7. The van der Waals surface area contributed by atoms with Gasteiger partial charge in [-0.15, -0.1) is 11.3 Å². The van der Waals surface area contributed by atoms with E-state index in [-0.39, 0.29) is 34.6 Å². The fraction of sp³-hybridized carbons (Fsp3) is 0.500. The Morgan fingerprint density at radius 3 is 2.71 bits per heavy atom. The van der Waals surface area contributed by atoms with Crippen molar-refractivity contribution in [2.75, 3.05) is 51.8 Å². The number of benzene rings is 1. The van der Waals surface area contributed by atoms with E-state index in [4.69, 9.17) is 26.4 Å². The number of thiophene rings is 1. The third kappa shape index (κ3) is 9.88. The van der Waals surface area contributed by atoms with E-state index in [1.54, 1.807) is 12.1 Å². The van der Waals surface area contributed by atoms with Crippen molar-refractivity contribution in [3.05, 3.63) is 40.4 Å². The van der Waals surface area contributed by atoms with Crippen LogP contribution in [0.5, 0.6) is 0 Å². The Morgan fingerprint density at radius 1 is 1.38 bits per heavy atom. The predicted octanol–water partition coefficient (Wildman–Crippen LogP) is 2.90. The highest BCUT2D eigenvalue weighted by atomic mass is 32.1.